The van der Waals surface area contributed by atoms with Gasteiger partial charge in [0.15, 0.2) is 12.5 Å². The minimum atomic E-state index is -0.261. The van der Waals surface area contributed by atoms with Crippen LogP contribution in [-0.4, -0.2) is 41.1 Å². The van der Waals surface area contributed by atoms with Crippen LogP contribution in [0.25, 0.3) is 16.9 Å². The average molecular weight is 319 g/mol. The molecule has 1 atom stereocenters. The molecule has 120 valence electrons. The molecular formula is C18H17N5O. The summed E-state index contributed by atoms with van der Waals surface area (Å²) in [7, 11) is 3.86. The van der Waals surface area contributed by atoms with Crippen LogP contribution < -0.4 is 9.80 Å². The number of imidazole rings is 1. The highest BCUT2D eigenvalue weighted by molar-refractivity contribution is 5.87. The maximum Gasteiger partial charge on any atom is 0.162 e. The number of likely N-dealkylation sites (N-methyl/N-ethyl adjacent to an activating group) is 2. The van der Waals surface area contributed by atoms with Gasteiger partial charge in [0.2, 0.25) is 0 Å². The number of carbonyl (C=O) groups is 1. The zero-order chi connectivity index (χ0) is 16.7. The van der Waals surface area contributed by atoms with Gasteiger partial charge in [-0.1, -0.05) is 6.07 Å². The van der Waals surface area contributed by atoms with Crippen molar-refractivity contribution >= 4 is 17.7 Å². The van der Waals surface area contributed by atoms with E-state index in [2.05, 4.69) is 16.0 Å². The number of aldehydes is 1. The largest absolute Gasteiger partial charge is 0.347 e. The van der Waals surface area contributed by atoms with Crippen LogP contribution in [0.4, 0.5) is 11.4 Å². The number of fused-ring (bicyclic) bond motifs is 1. The summed E-state index contributed by atoms with van der Waals surface area (Å²) in [6.45, 7) is 0. The standard InChI is InChI=1S/C18H17N5O/c1-21-16-6-5-13(8-17(16)22(2)18(21)11-24)15-10-23(12-20-15)14-4-3-7-19-9-14/h3-12,18H,1-2H3. The summed E-state index contributed by atoms with van der Waals surface area (Å²) in [6, 6.07) is 10.0. The Balaban J connectivity index is 1.71. The first-order valence-electron chi connectivity index (χ1n) is 7.69. The fourth-order valence-corrected chi connectivity index (χ4v) is 3.11. The molecule has 24 heavy (non-hydrogen) atoms. The molecule has 0 fully saturated rings. The van der Waals surface area contributed by atoms with E-state index in [1.807, 2.05) is 58.9 Å². The van der Waals surface area contributed by atoms with E-state index in [0.29, 0.717) is 0 Å². The van der Waals surface area contributed by atoms with E-state index < -0.39 is 0 Å². The fraction of sp³-hybridized carbons (Fsp3) is 0.167. The summed E-state index contributed by atoms with van der Waals surface area (Å²) in [5.74, 6) is 0. The van der Waals surface area contributed by atoms with Crippen LogP contribution >= 0.6 is 0 Å². The van der Waals surface area contributed by atoms with Crippen LogP contribution in [0, 0.1) is 0 Å². The van der Waals surface area contributed by atoms with E-state index >= 15 is 0 Å². The monoisotopic (exact) mass is 319 g/mol. The van der Waals surface area contributed by atoms with Crippen LogP contribution in [-0.2, 0) is 4.79 Å². The molecule has 0 saturated heterocycles. The highest BCUT2D eigenvalue weighted by atomic mass is 16.1. The minimum absolute atomic E-state index is 0.261. The predicted molar refractivity (Wildman–Crippen MR) is 93.5 cm³/mol. The Morgan fingerprint density at radius 1 is 1.12 bits per heavy atom. The second kappa shape index (κ2) is 5.49. The Morgan fingerprint density at radius 2 is 1.96 bits per heavy atom. The van der Waals surface area contributed by atoms with Gasteiger partial charge in [-0.3, -0.25) is 9.78 Å². The van der Waals surface area contributed by atoms with Crippen molar-refractivity contribution in [3.05, 3.63) is 55.2 Å². The molecule has 1 aromatic carbocycles. The second-order valence-electron chi connectivity index (χ2n) is 5.85. The van der Waals surface area contributed by atoms with Crippen LogP contribution in [0.1, 0.15) is 0 Å². The average Bonchev–Trinajstić information content (AvgIpc) is 3.20. The Bertz CT molecular complexity index is 889. The molecule has 0 amide bonds. The van der Waals surface area contributed by atoms with Gasteiger partial charge in [0.1, 0.15) is 0 Å². The molecule has 0 aliphatic carbocycles. The van der Waals surface area contributed by atoms with Crippen molar-refractivity contribution in [2.45, 2.75) is 6.17 Å². The number of rotatable bonds is 3. The highest BCUT2D eigenvalue weighted by Gasteiger charge is 2.30. The van der Waals surface area contributed by atoms with Crippen LogP contribution in [0.15, 0.2) is 55.2 Å². The minimum Gasteiger partial charge on any atom is -0.347 e. The molecule has 3 heterocycles. The summed E-state index contributed by atoms with van der Waals surface area (Å²) >= 11 is 0. The van der Waals surface area contributed by atoms with Gasteiger partial charge in [-0.15, -0.1) is 0 Å². The van der Waals surface area contributed by atoms with Gasteiger partial charge in [0, 0.05) is 32.1 Å². The third-order valence-electron chi connectivity index (χ3n) is 4.47. The fourth-order valence-electron chi connectivity index (χ4n) is 3.11. The Kier molecular flexibility index (Phi) is 3.30. The number of hydrogen-bond acceptors (Lipinski definition) is 5. The quantitative estimate of drug-likeness (QED) is 0.694. The lowest BCUT2D eigenvalue weighted by Gasteiger charge is -2.21. The van der Waals surface area contributed by atoms with E-state index in [4.69, 9.17) is 0 Å². The number of pyridine rings is 1. The van der Waals surface area contributed by atoms with Gasteiger partial charge in [0.25, 0.3) is 0 Å². The molecule has 0 spiro atoms. The van der Waals surface area contributed by atoms with Crippen molar-refractivity contribution in [2.75, 3.05) is 23.9 Å². The lowest BCUT2D eigenvalue weighted by atomic mass is 10.1. The Labute approximate surface area is 140 Å². The second-order valence-corrected chi connectivity index (χ2v) is 5.85. The molecule has 1 unspecified atom stereocenters. The highest BCUT2D eigenvalue weighted by Crippen LogP contribution is 2.39. The van der Waals surface area contributed by atoms with E-state index in [-0.39, 0.29) is 6.17 Å². The Morgan fingerprint density at radius 3 is 2.71 bits per heavy atom. The van der Waals surface area contributed by atoms with E-state index in [1.165, 1.54) is 0 Å². The zero-order valence-corrected chi connectivity index (χ0v) is 13.5. The number of benzene rings is 1. The lowest BCUT2D eigenvalue weighted by molar-refractivity contribution is -0.108. The van der Waals surface area contributed by atoms with Crippen LogP contribution in [0.5, 0.6) is 0 Å². The van der Waals surface area contributed by atoms with Crippen molar-refractivity contribution in [1.29, 1.82) is 0 Å². The molecule has 3 aromatic rings. The van der Waals surface area contributed by atoms with Gasteiger partial charge in [-0.2, -0.15) is 0 Å². The number of anilines is 2. The molecule has 0 bridgehead atoms. The smallest absolute Gasteiger partial charge is 0.162 e. The third kappa shape index (κ3) is 2.15. The summed E-state index contributed by atoms with van der Waals surface area (Å²) in [4.78, 5) is 23.9. The van der Waals surface area contributed by atoms with Gasteiger partial charge in [0.05, 0.1) is 35.3 Å². The molecule has 6 heteroatoms. The van der Waals surface area contributed by atoms with Crippen molar-refractivity contribution in [3.63, 3.8) is 0 Å². The maximum atomic E-state index is 11.3. The molecule has 6 nitrogen and oxygen atoms in total. The first-order chi connectivity index (χ1) is 11.7. The van der Waals surface area contributed by atoms with Crippen molar-refractivity contribution in [2.24, 2.45) is 0 Å². The van der Waals surface area contributed by atoms with E-state index in [9.17, 15) is 4.79 Å². The molecule has 2 aromatic heterocycles. The number of nitrogens with zero attached hydrogens (tertiary/aromatic N) is 5. The third-order valence-corrected chi connectivity index (χ3v) is 4.47. The SMILES string of the molecule is CN1c2ccc(-c3cn(-c4cccnc4)cn3)cc2N(C)C1C=O. The van der Waals surface area contributed by atoms with Gasteiger partial charge >= 0.3 is 0 Å². The van der Waals surface area contributed by atoms with E-state index in [1.54, 1.807) is 18.7 Å². The number of carbonyl (C=O) groups excluding carboxylic acids is 1. The normalized spacial score (nSPS) is 16.3. The number of hydrogen-bond donors (Lipinski definition) is 0. The molecular weight excluding hydrogens is 302 g/mol. The van der Waals surface area contributed by atoms with E-state index in [0.717, 1.165) is 34.6 Å². The molecule has 0 radical (unpaired) electrons. The van der Waals surface area contributed by atoms with Crippen molar-refractivity contribution in [1.82, 2.24) is 14.5 Å². The van der Waals surface area contributed by atoms with Crippen molar-refractivity contribution < 1.29 is 4.79 Å². The topological polar surface area (TPSA) is 54.3 Å². The first kappa shape index (κ1) is 14.4. The molecule has 0 saturated carbocycles. The van der Waals surface area contributed by atoms with Crippen LogP contribution in [0.2, 0.25) is 0 Å². The molecule has 4 rings (SSSR count). The molecule has 1 aliphatic rings. The van der Waals surface area contributed by atoms with Crippen LogP contribution in [0.3, 0.4) is 0 Å². The predicted octanol–water partition coefficient (Wildman–Crippen LogP) is 2.35. The summed E-state index contributed by atoms with van der Waals surface area (Å²) in [6.07, 6.45) is 8.00. The lowest BCUT2D eigenvalue weighted by Crippen LogP contribution is -2.40. The summed E-state index contributed by atoms with van der Waals surface area (Å²) in [5, 5.41) is 0. The summed E-state index contributed by atoms with van der Waals surface area (Å²) < 4.78 is 1.94. The van der Waals surface area contributed by atoms with Gasteiger partial charge in [-0.05, 0) is 24.3 Å². The summed E-state index contributed by atoms with van der Waals surface area (Å²) in [5.41, 5.74) is 4.94. The Hall–Kier alpha value is -3.15. The van der Waals surface area contributed by atoms with Crippen molar-refractivity contribution in [3.8, 4) is 16.9 Å². The maximum absolute atomic E-state index is 11.3. The van der Waals surface area contributed by atoms with Gasteiger partial charge in [-0.25, -0.2) is 4.98 Å². The zero-order valence-electron chi connectivity index (χ0n) is 13.5. The van der Waals surface area contributed by atoms with Gasteiger partial charge < -0.3 is 14.4 Å². The molecule has 1 aliphatic heterocycles. The first-order valence-corrected chi connectivity index (χ1v) is 7.69. The number of aromatic nitrogens is 3. The molecule has 0 N–H and O–H groups in total.